The fourth-order valence-electron chi connectivity index (χ4n) is 2.98. The SMILES string of the molecule is CC(C)CC(NC(=O)C(CCCN=C(N)N)NC(=O)C(N)CC(N)=O)C(=O)NC(C(=O)O)C(C)O. The number of hydrogen-bond acceptors (Lipinski definition) is 8. The predicted molar refractivity (Wildman–Crippen MR) is 126 cm³/mol. The van der Waals surface area contributed by atoms with Crippen molar-refractivity contribution in [1.82, 2.24) is 16.0 Å². The number of carbonyl (C=O) groups excluding carboxylic acids is 4. The molecule has 0 heterocycles. The van der Waals surface area contributed by atoms with E-state index < -0.39 is 66.3 Å². The van der Waals surface area contributed by atoms with Crippen molar-refractivity contribution in [2.45, 2.75) is 76.7 Å². The van der Waals surface area contributed by atoms with Crippen LogP contribution in [0.3, 0.4) is 0 Å². The van der Waals surface area contributed by atoms with Gasteiger partial charge < -0.3 is 49.1 Å². The van der Waals surface area contributed by atoms with E-state index >= 15 is 0 Å². The lowest BCUT2D eigenvalue weighted by Crippen LogP contribution is -2.58. The monoisotopic (exact) mass is 502 g/mol. The number of guanidine groups is 1. The number of nitrogens with one attached hydrogen (secondary N) is 3. The van der Waals surface area contributed by atoms with E-state index in [0.717, 1.165) is 0 Å². The lowest BCUT2D eigenvalue weighted by atomic mass is 10.0. The Kier molecular flexibility index (Phi) is 13.9. The second kappa shape index (κ2) is 15.4. The first-order chi connectivity index (χ1) is 16.1. The van der Waals surface area contributed by atoms with Gasteiger partial charge in [0.05, 0.1) is 18.6 Å². The van der Waals surface area contributed by atoms with Gasteiger partial charge in [0.1, 0.15) is 12.1 Å². The summed E-state index contributed by atoms with van der Waals surface area (Å²) in [7, 11) is 0. The quantitative estimate of drug-likeness (QED) is 0.0563. The molecule has 5 atom stereocenters. The number of aliphatic imine (C=N–C) groups is 1. The van der Waals surface area contributed by atoms with Crippen LogP contribution in [0, 0.1) is 5.92 Å². The minimum Gasteiger partial charge on any atom is -0.480 e. The standard InChI is InChI=1S/C20H38N8O7/c1-9(2)7-13(18(33)28-15(10(3)29)19(34)35)27-17(32)12(5-4-6-25-20(23)24)26-16(31)11(21)8-14(22)30/h9-13,15,29H,4-8,21H2,1-3H3,(H2,22,30)(H,26,31)(H,27,32)(H,28,33)(H,34,35)(H4,23,24,25). The van der Waals surface area contributed by atoms with Crippen LogP contribution < -0.4 is 38.9 Å². The molecule has 0 aliphatic rings. The maximum Gasteiger partial charge on any atom is 0.328 e. The van der Waals surface area contributed by atoms with E-state index in [9.17, 15) is 34.2 Å². The van der Waals surface area contributed by atoms with E-state index in [0.29, 0.717) is 0 Å². The Hall–Kier alpha value is -3.46. The van der Waals surface area contributed by atoms with Crippen LogP contribution in [-0.4, -0.2) is 82.6 Å². The third-order valence-electron chi connectivity index (χ3n) is 4.72. The summed E-state index contributed by atoms with van der Waals surface area (Å²) < 4.78 is 0. The van der Waals surface area contributed by atoms with Crippen LogP contribution in [0.4, 0.5) is 0 Å². The molecule has 0 saturated heterocycles. The molecule has 0 saturated carbocycles. The molecule has 0 aromatic rings. The number of nitrogens with zero attached hydrogens (tertiary/aromatic N) is 1. The zero-order valence-electron chi connectivity index (χ0n) is 20.2. The number of aliphatic carboxylic acids is 1. The zero-order valence-corrected chi connectivity index (χ0v) is 20.2. The van der Waals surface area contributed by atoms with Crippen LogP contribution in [0.2, 0.25) is 0 Å². The average molecular weight is 503 g/mol. The van der Waals surface area contributed by atoms with E-state index in [4.69, 9.17) is 22.9 Å². The second-order valence-electron chi connectivity index (χ2n) is 8.54. The molecule has 200 valence electrons. The molecule has 0 fully saturated rings. The van der Waals surface area contributed by atoms with Gasteiger partial charge >= 0.3 is 5.97 Å². The minimum atomic E-state index is -1.59. The van der Waals surface area contributed by atoms with Crippen molar-refractivity contribution < 1.29 is 34.2 Å². The minimum absolute atomic E-state index is 0.0547. The first kappa shape index (κ1) is 31.5. The van der Waals surface area contributed by atoms with Gasteiger partial charge in [-0.3, -0.25) is 24.2 Å². The molecule has 13 N–H and O–H groups in total. The fraction of sp³-hybridized carbons (Fsp3) is 0.700. The van der Waals surface area contributed by atoms with Gasteiger partial charge in [-0.15, -0.1) is 0 Å². The van der Waals surface area contributed by atoms with Gasteiger partial charge in [0.2, 0.25) is 23.6 Å². The Balaban J connectivity index is 5.62. The van der Waals surface area contributed by atoms with E-state index in [1.165, 1.54) is 6.92 Å². The number of rotatable bonds is 16. The van der Waals surface area contributed by atoms with E-state index in [1.807, 2.05) is 0 Å². The van der Waals surface area contributed by atoms with Gasteiger partial charge in [-0.05, 0) is 32.1 Å². The summed E-state index contributed by atoms with van der Waals surface area (Å²) in [5.74, 6) is -4.87. The van der Waals surface area contributed by atoms with Crippen molar-refractivity contribution in [3.8, 4) is 0 Å². The molecular weight excluding hydrogens is 464 g/mol. The fourth-order valence-corrected chi connectivity index (χ4v) is 2.98. The van der Waals surface area contributed by atoms with E-state index in [2.05, 4.69) is 20.9 Å². The summed E-state index contributed by atoms with van der Waals surface area (Å²) in [5.41, 5.74) is 21.3. The lowest BCUT2D eigenvalue weighted by molar-refractivity contribution is -0.145. The van der Waals surface area contributed by atoms with Gasteiger partial charge in [-0.1, -0.05) is 13.8 Å². The summed E-state index contributed by atoms with van der Waals surface area (Å²) in [6, 6.07) is -5.22. The molecule has 0 radical (unpaired) electrons. The third-order valence-corrected chi connectivity index (χ3v) is 4.72. The number of carboxylic acid groups (broad SMARTS) is 1. The van der Waals surface area contributed by atoms with Crippen LogP contribution in [0.1, 0.15) is 46.5 Å². The first-order valence-corrected chi connectivity index (χ1v) is 11.1. The topological polar surface area (TPSA) is 278 Å². The van der Waals surface area contributed by atoms with Crippen molar-refractivity contribution in [3.05, 3.63) is 0 Å². The van der Waals surface area contributed by atoms with Gasteiger partial charge in [-0.25, -0.2) is 4.79 Å². The molecule has 0 spiro atoms. The van der Waals surface area contributed by atoms with E-state index in [1.54, 1.807) is 13.8 Å². The number of hydrogen-bond donors (Lipinski definition) is 9. The Labute approximate surface area is 203 Å². The Morgan fingerprint density at radius 2 is 1.43 bits per heavy atom. The highest BCUT2D eigenvalue weighted by atomic mass is 16.4. The number of amides is 4. The predicted octanol–water partition coefficient (Wildman–Crippen LogP) is -3.79. The molecule has 0 aromatic heterocycles. The molecule has 15 nitrogen and oxygen atoms in total. The molecule has 15 heteroatoms. The van der Waals surface area contributed by atoms with Crippen molar-refractivity contribution in [2.24, 2.45) is 33.8 Å². The molecule has 0 bridgehead atoms. The molecule has 35 heavy (non-hydrogen) atoms. The average Bonchev–Trinajstić information content (AvgIpc) is 2.71. The molecular formula is C20H38N8O7. The number of carbonyl (C=O) groups is 5. The summed E-state index contributed by atoms with van der Waals surface area (Å²) in [4.78, 5) is 64.3. The van der Waals surface area contributed by atoms with Crippen molar-refractivity contribution in [2.75, 3.05) is 6.54 Å². The Bertz CT molecular complexity index is 783. The molecule has 0 rings (SSSR count). The summed E-state index contributed by atoms with van der Waals surface area (Å²) >= 11 is 0. The highest BCUT2D eigenvalue weighted by Crippen LogP contribution is 2.08. The van der Waals surface area contributed by atoms with Crippen molar-refractivity contribution in [3.63, 3.8) is 0 Å². The first-order valence-electron chi connectivity index (χ1n) is 11.1. The van der Waals surface area contributed by atoms with Gasteiger partial charge in [0, 0.05) is 6.54 Å². The van der Waals surface area contributed by atoms with E-state index in [-0.39, 0.29) is 37.7 Å². The van der Waals surface area contributed by atoms with Crippen molar-refractivity contribution >= 4 is 35.6 Å². The van der Waals surface area contributed by atoms with Crippen LogP contribution in [0.15, 0.2) is 4.99 Å². The number of carboxylic acids is 1. The van der Waals surface area contributed by atoms with Crippen molar-refractivity contribution in [1.29, 1.82) is 0 Å². The summed E-state index contributed by atoms with van der Waals surface area (Å²) in [6.45, 7) is 4.92. The summed E-state index contributed by atoms with van der Waals surface area (Å²) in [6.07, 6.45) is -1.37. The van der Waals surface area contributed by atoms with Crippen LogP contribution in [0.5, 0.6) is 0 Å². The Morgan fingerprint density at radius 3 is 1.89 bits per heavy atom. The van der Waals surface area contributed by atoms with Crippen LogP contribution >= 0.6 is 0 Å². The van der Waals surface area contributed by atoms with Gasteiger partial charge in [-0.2, -0.15) is 0 Å². The molecule has 5 unspecified atom stereocenters. The number of nitrogens with two attached hydrogens (primary N) is 4. The molecule has 4 amide bonds. The largest absolute Gasteiger partial charge is 0.480 e. The zero-order chi connectivity index (χ0) is 27.3. The number of aliphatic hydroxyl groups is 1. The highest BCUT2D eigenvalue weighted by molar-refractivity contribution is 5.95. The summed E-state index contributed by atoms with van der Waals surface area (Å²) in [5, 5.41) is 26.0. The lowest BCUT2D eigenvalue weighted by Gasteiger charge is -2.26. The maximum absolute atomic E-state index is 13.0. The normalized spacial score (nSPS) is 15.1. The molecule has 0 aromatic carbocycles. The van der Waals surface area contributed by atoms with Gasteiger partial charge in [0.15, 0.2) is 12.0 Å². The second-order valence-corrected chi connectivity index (χ2v) is 8.54. The number of aliphatic hydroxyl groups excluding tert-OH is 1. The smallest absolute Gasteiger partial charge is 0.328 e. The maximum atomic E-state index is 13.0. The van der Waals surface area contributed by atoms with Gasteiger partial charge in [0.25, 0.3) is 0 Å². The molecule has 0 aliphatic heterocycles. The Morgan fingerprint density at radius 1 is 0.886 bits per heavy atom. The number of primary amides is 1. The van der Waals surface area contributed by atoms with Crippen LogP contribution in [-0.2, 0) is 24.0 Å². The molecule has 0 aliphatic carbocycles. The van der Waals surface area contributed by atoms with Crippen LogP contribution in [0.25, 0.3) is 0 Å². The third kappa shape index (κ3) is 13.1. The highest BCUT2D eigenvalue weighted by Gasteiger charge is 2.32.